The summed E-state index contributed by atoms with van der Waals surface area (Å²) in [5.74, 6) is -0.434. The molecule has 130 valence electrons. The number of para-hydroxylation sites is 1. The third kappa shape index (κ3) is 4.54. The molecule has 1 heterocycles. The molecule has 0 aliphatic heterocycles. The van der Waals surface area contributed by atoms with E-state index in [1.807, 2.05) is 6.07 Å². The highest BCUT2D eigenvalue weighted by atomic mass is 16.2. The molecule has 0 saturated heterocycles. The van der Waals surface area contributed by atoms with Crippen molar-refractivity contribution >= 4 is 23.8 Å². The molecule has 8 heteroatoms. The molecule has 0 aliphatic rings. The number of aromatic nitrogens is 1. The number of pyridine rings is 1. The van der Waals surface area contributed by atoms with Crippen LogP contribution in [-0.4, -0.2) is 41.7 Å². The van der Waals surface area contributed by atoms with Crippen molar-refractivity contribution < 1.29 is 9.59 Å². The Bertz CT molecular complexity index is 856. The van der Waals surface area contributed by atoms with Crippen LogP contribution < -0.4 is 16.2 Å². The van der Waals surface area contributed by atoms with E-state index in [0.29, 0.717) is 11.4 Å². The fourth-order valence-corrected chi connectivity index (χ4v) is 2.07. The lowest BCUT2D eigenvalue weighted by Crippen LogP contribution is -2.31. The van der Waals surface area contributed by atoms with Crippen LogP contribution in [0.15, 0.2) is 52.5 Å². The number of rotatable bonds is 4. The van der Waals surface area contributed by atoms with Gasteiger partial charge in [-0.05, 0) is 12.1 Å². The molecule has 0 bridgehead atoms. The molecule has 0 aliphatic carbocycles. The lowest BCUT2D eigenvalue weighted by atomic mass is 10.1. The smallest absolute Gasteiger partial charge is 0.339 e. The molecule has 2 rings (SSSR count). The second-order valence-corrected chi connectivity index (χ2v) is 5.44. The van der Waals surface area contributed by atoms with E-state index in [2.05, 4.69) is 15.8 Å². The second kappa shape index (κ2) is 7.91. The number of benzene rings is 1. The number of carbonyl (C=O) groups is 2. The standard InChI is InChI=1S/C17H19N5O3/c1-21(2)16(24)15-13(22(3)10-9-14(15)23)11-18-20-17(25)19-12-7-5-4-6-8-12/h4-11H,1-3H3,(H2,19,20,25)/b18-11+. The summed E-state index contributed by atoms with van der Waals surface area (Å²) in [4.78, 5) is 37.4. The fourth-order valence-electron chi connectivity index (χ4n) is 2.07. The van der Waals surface area contributed by atoms with E-state index < -0.39 is 17.4 Å². The predicted octanol–water partition coefficient (Wildman–Crippen LogP) is 1.24. The van der Waals surface area contributed by atoms with Gasteiger partial charge in [0.15, 0.2) is 5.43 Å². The highest BCUT2D eigenvalue weighted by Gasteiger charge is 2.18. The van der Waals surface area contributed by atoms with Gasteiger partial charge in [0.2, 0.25) is 0 Å². The molecule has 0 fully saturated rings. The van der Waals surface area contributed by atoms with Gasteiger partial charge in [0.25, 0.3) is 5.91 Å². The minimum absolute atomic E-state index is 0.0102. The highest BCUT2D eigenvalue weighted by molar-refractivity contribution is 6.01. The largest absolute Gasteiger partial charge is 0.349 e. The Labute approximate surface area is 144 Å². The summed E-state index contributed by atoms with van der Waals surface area (Å²) in [6.07, 6.45) is 2.79. The van der Waals surface area contributed by atoms with Gasteiger partial charge in [-0.2, -0.15) is 5.10 Å². The molecule has 2 aromatic rings. The predicted molar refractivity (Wildman–Crippen MR) is 95.9 cm³/mol. The third-order valence-electron chi connectivity index (χ3n) is 3.34. The van der Waals surface area contributed by atoms with Gasteiger partial charge in [-0.3, -0.25) is 9.59 Å². The van der Waals surface area contributed by atoms with Crippen LogP contribution in [0.4, 0.5) is 10.5 Å². The molecule has 0 spiro atoms. The SMILES string of the molecule is CN(C)C(=O)c1c(/C=N/NC(=O)Nc2ccccc2)n(C)ccc1=O. The number of amides is 3. The first-order valence-electron chi connectivity index (χ1n) is 7.46. The van der Waals surface area contributed by atoms with Crippen LogP contribution in [0.1, 0.15) is 16.1 Å². The zero-order chi connectivity index (χ0) is 18.4. The maximum absolute atomic E-state index is 12.2. The molecular formula is C17H19N5O3. The maximum Gasteiger partial charge on any atom is 0.339 e. The van der Waals surface area contributed by atoms with Crippen LogP contribution in [-0.2, 0) is 7.05 Å². The van der Waals surface area contributed by atoms with Crippen molar-refractivity contribution in [3.8, 4) is 0 Å². The molecule has 0 radical (unpaired) electrons. The second-order valence-electron chi connectivity index (χ2n) is 5.44. The molecule has 0 saturated carbocycles. The summed E-state index contributed by atoms with van der Waals surface area (Å²) in [5.41, 5.74) is 2.79. The summed E-state index contributed by atoms with van der Waals surface area (Å²) in [5, 5.41) is 6.43. The van der Waals surface area contributed by atoms with Crippen LogP contribution in [0.25, 0.3) is 0 Å². The fraction of sp³-hybridized carbons (Fsp3) is 0.176. The van der Waals surface area contributed by atoms with E-state index in [4.69, 9.17) is 0 Å². The average Bonchev–Trinajstić information content (AvgIpc) is 2.58. The lowest BCUT2D eigenvalue weighted by Gasteiger charge is -2.14. The first-order valence-corrected chi connectivity index (χ1v) is 7.46. The van der Waals surface area contributed by atoms with E-state index in [-0.39, 0.29) is 5.56 Å². The van der Waals surface area contributed by atoms with Crippen molar-refractivity contribution in [1.29, 1.82) is 0 Å². The minimum Gasteiger partial charge on any atom is -0.349 e. The molecule has 0 unspecified atom stereocenters. The van der Waals surface area contributed by atoms with Crippen LogP contribution in [0.5, 0.6) is 0 Å². The number of urea groups is 1. The summed E-state index contributed by atoms with van der Waals surface area (Å²) in [6.45, 7) is 0. The number of hydrogen-bond acceptors (Lipinski definition) is 4. The Morgan fingerprint density at radius 3 is 2.48 bits per heavy atom. The summed E-state index contributed by atoms with van der Waals surface area (Å²) in [6, 6.07) is 9.65. The highest BCUT2D eigenvalue weighted by Crippen LogP contribution is 2.05. The third-order valence-corrected chi connectivity index (χ3v) is 3.34. The zero-order valence-electron chi connectivity index (χ0n) is 14.2. The van der Waals surface area contributed by atoms with Gasteiger partial charge in [-0.15, -0.1) is 0 Å². The number of nitrogens with zero attached hydrogens (tertiary/aromatic N) is 3. The van der Waals surface area contributed by atoms with E-state index in [9.17, 15) is 14.4 Å². The Kier molecular flexibility index (Phi) is 5.67. The number of aryl methyl sites for hydroxylation is 1. The number of carbonyl (C=O) groups excluding carboxylic acids is 2. The molecule has 0 atom stereocenters. The van der Waals surface area contributed by atoms with Crippen molar-refractivity contribution in [2.75, 3.05) is 19.4 Å². The average molecular weight is 341 g/mol. The van der Waals surface area contributed by atoms with Crippen molar-refractivity contribution in [2.24, 2.45) is 12.1 Å². The van der Waals surface area contributed by atoms with Gasteiger partial charge in [0.05, 0.1) is 11.9 Å². The molecule has 3 amide bonds. The lowest BCUT2D eigenvalue weighted by molar-refractivity contribution is 0.0825. The van der Waals surface area contributed by atoms with Crippen molar-refractivity contribution in [3.63, 3.8) is 0 Å². The van der Waals surface area contributed by atoms with E-state index in [0.717, 1.165) is 0 Å². The van der Waals surface area contributed by atoms with Gasteiger partial charge in [-0.25, -0.2) is 10.2 Å². The van der Waals surface area contributed by atoms with Gasteiger partial charge < -0.3 is 14.8 Å². The minimum atomic E-state index is -0.538. The quantitative estimate of drug-likeness (QED) is 0.647. The summed E-state index contributed by atoms with van der Waals surface area (Å²) >= 11 is 0. The zero-order valence-corrected chi connectivity index (χ0v) is 14.2. The van der Waals surface area contributed by atoms with Crippen LogP contribution in [0, 0.1) is 0 Å². The Morgan fingerprint density at radius 2 is 1.84 bits per heavy atom. The summed E-state index contributed by atoms with van der Waals surface area (Å²) < 4.78 is 1.58. The first kappa shape index (κ1) is 17.9. The Morgan fingerprint density at radius 1 is 1.16 bits per heavy atom. The Balaban J connectivity index is 2.18. The van der Waals surface area contributed by atoms with Crippen LogP contribution in [0.2, 0.25) is 0 Å². The van der Waals surface area contributed by atoms with E-state index in [1.54, 1.807) is 50.0 Å². The topological polar surface area (TPSA) is 95.8 Å². The summed E-state index contributed by atoms with van der Waals surface area (Å²) in [7, 11) is 4.79. The normalized spacial score (nSPS) is 10.5. The van der Waals surface area contributed by atoms with Gasteiger partial charge in [0.1, 0.15) is 5.56 Å². The van der Waals surface area contributed by atoms with Crippen LogP contribution in [0.3, 0.4) is 0 Å². The number of hydrogen-bond donors (Lipinski definition) is 2. The maximum atomic E-state index is 12.2. The molecule has 1 aromatic carbocycles. The number of anilines is 1. The van der Waals surface area contributed by atoms with Crippen molar-refractivity contribution in [1.82, 2.24) is 14.9 Å². The van der Waals surface area contributed by atoms with Crippen LogP contribution >= 0.6 is 0 Å². The van der Waals surface area contributed by atoms with Gasteiger partial charge >= 0.3 is 6.03 Å². The first-order chi connectivity index (χ1) is 11.9. The van der Waals surface area contributed by atoms with Crippen molar-refractivity contribution in [2.45, 2.75) is 0 Å². The van der Waals surface area contributed by atoms with Gasteiger partial charge in [0, 0.05) is 39.1 Å². The monoisotopic (exact) mass is 341 g/mol. The molecule has 25 heavy (non-hydrogen) atoms. The number of nitrogens with one attached hydrogen (secondary N) is 2. The molecule has 1 aromatic heterocycles. The number of hydrazone groups is 1. The van der Waals surface area contributed by atoms with E-state index >= 15 is 0 Å². The van der Waals surface area contributed by atoms with E-state index in [1.165, 1.54) is 23.4 Å². The molecule has 2 N–H and O–H groups in total. The van der Waals surface area contributed by atoms with Gasteiger partial charge in [-0.1, -0.05) is 18.2 Å². The molecule has 8 nitrogen and oxygen atoms in total. The molecular weight excluding hydrogens is 322 g/mol. The Hall–Kier alpha value is -3.42. The van der Waals surface area contributed by atoms with Crippen molar-refractivity contribution in [3.05, 3.63) is 64.1 Å².